The van der Waals surface area contributed by atoms with Gasteiger partial charge in [0.05, 0.1) is 26.7 Å². The average molecular weight is 1330 g/mol. The van der Waals surface area contributed by atoms with Gasteiger partial charge in [-0.3, -0.25) is 19.2 Å². The van der Waals surface area contributed by atoms with Crippen LogP contribution in [0.25, 0.3) is 0 Å². The number of halogens is 5. The number of methoxy groups -OCH3 is 2. The van der Waals surface area contributed by atoms with Gasteiger partial charge < -0.3 is 56.7 Å². The van der Waals surface area contributed by atoms with Crippen LogP contribution in [0.3, 0.4) is 0 Å². The molecule has 12 atom stereocenters. The fraction of sp³-hybridized carbons (Fsp3) is 0.857. The number of urea groups is 2. The van der Waals surface area contributed by atoms with Crippen LogP contribution in [0.2, 0.25) is 0 Å². The molecule has 0 aromatic carbocycles. The number of piperidine rings is 2. The van der Waals surface area contributed by atoms with Crippen LogP contribution >= 0.6 is 12.4 Å². The zero-order valence-corrected chi connectivity index (χ0v) is 57.5. The Bertz CT molecular complexity index is 2720. The maximum atomic E-state index is 14.1. The van der Waals surface area contributed by atoms with Crippen molar-refractivity contribution in [2.24, 2.45) is 61.9 Å². The summed E-state index contributed by atoms with van der Waals surface area (Å²) in [6, 6.07) is -9.25. The molecule has 4 fully saturated rings. The standard InChI is InChI=1S/C28H49F2N5O7S.C23H42N4O6S.C5H9F2NO2.ClH/c1-26(2,3)17(14-34(9)43(11,40)41)32-25(39)33-21(27(4,5)6)23(37)35-13-15-19(28(15,7)8)20(35)22(36)31-16(12-18(29)30)24(38)42-10;1-21(2,3)14(12-26(9)34(10,32)33)24-20(31)25-17(22(4,5)6)18(28)27-11-13-15(23(13,7)8)16(27)19(29)30;1-10-5(9)3(8)2-4(6)7;/h15-21H,12-14H2,1-11H3,(H,31,36)(H2,32,33,39);13-17H,11-12H2,1-10H3,(H,29,30)(H2,24,25,31);3-4H,2,8H2,1H3;1H/t15-,16-,17+,19-,20-,21+;13-,14+,15-,16-,17+;3-;/m000./s1. The van der Waals surface area contributed by atoms with Gasteiger partial charge >= 0.3 is 30.0 Å². The van der Waals surface area contributed by atoms with Crippen molar-refractivity contribution in [3.63, 3.8) is 0 Å². The monoisotopic (exact) mass is 1330 g/mol. The smallest absolute Gasteiger partial charge is 0.328 e. The molecule has 4 rings (SSSR count). The molecule has 8 N–H and O–H groups in total. The molecule has 2 saturated carbocycles. The molecule has 0 spiro atoms. The SMILES string of the molecule is CN(C[C@@H](NC(=O)N[C@H](C(=O)N1C[C@H]2[C@@H]([C@H]1C(=O)O)C2(C)C)C(C)(C)C)C(C)(C)C)S(C)(=O)=O.COC(=O)[C@@H](N)CC(F)F.COC(=O)[C@H](CC(F)F)NC(=O)[C@@H]1[C@@H]2[C@H](CN1C(=O)[C@@H](NC(=O)N[C@H](CN(C)S(C)(=O)=O)C(C)(C)C)C(C)(C)C)C2(C)C.Cl. The maximum Gasteiger partial charge on any atom is 0.328 e. The number of nitrogens with one attached hydrogen (secondary N) is 5. The summed E-state index contributed by atoms with van der Waals surface area (Å²) in [6.45, 7) is 30.5. The predicted molar refractivity (Wildman–Crippen MR) is 324 cm³/mol. The molecule has 0 unspecified atom stereocenters. The fourth-order valence-electron chi connectivity index (χ4n) is 11.0. The first kappa shape index (κ1) is 81.2. The lowest BCUT2D eigenvalue weighted by Crippen LogP contribution is -2.62. The third kappa shape index (κ3) is 21.7. The highest BCUT2D eigenvalue weighted by Gasteiger charge is 2.71. The van der Waals surface area contributed by atoms with Crippen molar-refractivity contribution in [3.05, 3.63) is 0 Å². The van der Waals surface area contributed by atoms with Crippen molar-refractivity contribution in [3.8, 4) is 0 Å². The lowest BCUT2D eigenvalue weighted by atomic mass is 9.85. The summed E-state index contributed by atoms with van der Waals surface area (Å²) in [7, 11) is -1.97. The minimum Gasteiger partial charge on any atom is -0.480 e. The van der Waals surface area contributed by atoms with Crippen molar-refractivity contribution < 1.29 is 87.3 Å². The van der Waals surface area contributed by atoms with E-state index in [1.807, 2.05) is 90.0 Å². The van der Waals surface area contributed by atoms with Crippen LogP contribution in [0.15, 0.2) is 0 Å². The average Bonchev–Trinajstić information content (AvgIpc) is 1.54. The van der Waals surface area contributed by atoms with E-state index in [0.717, 1.165) is 31.0 Å². The van der Waals surface area contributed by atoms with E-state index in [1.54, 1.807) is 20.8 Å². The largest absolute Gasteiger partial charge is 0.480 e. The third-order valence-electron chi connectivity index (χ3n) is 17.1. The van der Waals surface area contributed by atoms with E-state index < -0.39 is 163 Å². The van der Waals surface area contributed by atoms with E-state index in [1.165, 1.54) is 28.2 Å². The summed E-state index contributed by atoms with van der Waals surface area (Å²) >= 11 is 0. The van der Waals surface area contributed by atoms with Crippen LogP contribution in [0, 0.1) is 56.2 Å². The van der Waals surface area contributed by atoms with Crippen LogP contribution in [0.4, 0.5) is 27.2 Å². The van der Waals surface area contributed by atoms with Gasteiger partial charge in [-0.25, -0.2) is 62.2 Å². The molecule has 7 amide bonds. The number of hydrogen-bond acceptors (Lipinski definition) is 15. The normalized spacial score (nSPS) is 23.1. The summed E-state index contributed by atoms with van der Waals surface area (Å²) in [5, 5.41) is 23.3. The van der Waals surface area contributed by atoms with Gasteiger partial charge in [-0.15, -0.1) is 12.4 Å². The van der Waals surface area contributed by atoms with Crippen molar-refractivity contribution in [2.45, 2.75) is 185 Å². The van der Waals surface area contributed by atoms with Gasteiger partial charge in [-0.1, -0.05) is 111 Å². The Morgan fingerprint density at radius 2 is 0.909 bits per heavy atom. The van der Waals surface area contributed by atoms with Crippen LogP contribution < -0.4 is 32.3 Å². The molecule has 4 aliphatic rings. The fourth-order valence-corrected chi connectivity index (χ4v) is 11.8. The molecule has 2 aliphatic heterocycles. The minimum absolute atomic E-state index is 0. The molecular weight excluding hydrogens is 1230 g/mol. The number of esters is 2. The zero-order chi connectivity index (χ0) is 68.2. The van der Waals surface area contributed by atoms with Crippen molar-refractivity contribution in [1.82, 2.24) is 45.0 Å². The molecule has 0 bridgehead atoms. The third-order valence-corrected chi connectivity index (χ3v) is 19.7. The Morgan fingerprint density at radius 1 is 0.580 bits per heavy atom. The molecule has 0 aromatic rings. The lowest BCUT2D eigenvalue weighted by molar-refractivity contribution is -0.152. The van der Waals surface area contributed by atoms with Crippen molar-refractivity contribution >= 4 is 80.1 Å². The van der Waals surface area contributed by atoms with Gasteiger partial charge in [0.2, 0.25) is 50.6 Å². The summed E-state index contributed by atoms with van der Waals surface area (Å²) in [5.74, 6) is -4.82. The topological polar surface area (TPSA) is 343 Å². The van der Waals surface area contributed by atoms with Gasteiger partial charge in [-0.05, 0) is 50.2 Å². The molecule has 512 valence electrons. The van der Waals surface area contributed by atoms with E-state index in [2.05, 4.69) is 36.1 Å². The number of rotatable bonds is 21. The number of likely N-dealkylation sites (tertiary alicyclic amines) is 2. The van der Waals surface area contributed by atoms with E-state index in [4.69, 9.17) is 5.73 Å². The van der Waals surface area contributed by atoms with Crippen LogP contribution in [0.5, 0.6) is 0 Å². The Labute approximate surface area is 524 Å². The molecule has 2 saturated heterocycles. The van der Waals surface area contributed by atoms with Crippen molar-refractivity contribution in [2.75, 3.05) is 67.0 Å². The number of hydrogen-bond donors (Lipinski definition) is 7. The second-order valence-corrected chi connectivity index (χ2v) is 33.0. The molecule has 25 nitrogen and oxygen atoms in total. The number of carbonyl (C=O) groups is 8. The van der Waals surface area contributed by atoms with E-state index in [0.29, 0.717) is 6.54 Å². The number of alkyl halides is 4. The van der Waals surface area contributed by atoms with Gasteiger partial charge in [0.15, 0.2) is 0 Å². The molecule has 2 aliphatic carbocycles. The summed E-state index contributed by atoms with van der Waals surface area (Å²) in [4.78, 5) is 105. The highest BCUT2D eigenvalue weighted by atomic mass is 35.5. The molecule has 0 radical (unpaired) electrons. The number of sulfonamides is 2. The number of carbonyl (C=O) groups excluding carboxylic acids is 7. The van der Waals surface area contributed by atoms with Gasteiger partial charge in [0.1, 0.15) is 36.3 Å². The number of ether oxygens (including phenoxy) is 2. The van der Waals surface area contributed by atoms with E-state index in [9.17, 15) is 77.9 Å². The first-order valence-electron chi connectivity index (χ1n) is 28.6. The number of carboxylic acid groups (broad SMARTS) is 1. The number of amides is 7. The molecule has 32 heteroatoms. The van der Waals surface area contributed by atoms with Crippen LogP contribution in [-0.2, 0) is 58.3 Å². The molecular formula is C56H101ClF4N10O15S2. The Morgan fingerprint density at radius 3 is 1.19 bits per heavy atom. The number of aliphatic carboxylic acids is 1. The molecule has 88 heavy (non-hydrogen) atoms. The minimum atomic E-state index is -3.52. The summed E-state index contributed by atoms with van der Waals surface area (Å²) in [6.07, 6.45) is -4.86. The lowest BCUT2D eigenvalue weighted by Gasteiger charge is -2.39. The number of carboxylic acids is 1. The van der Waals surface area contributed by atoms with E-state index >= 15 is 0 Å². The Hall–Kier alpha value is -4.85. The van der Waals surface area contributed by atoms with Gasteiger partial charge in [0, 0.05) is 71.1 Å². The number of likely N-dealkylation sites (N-methyl/N-ethyl adjacent to an activating group) is 2. The van der Waals surface area contributed by atoms with Crippen LogP contribution in [0.1, 0.15) is 124 Å². The molecule has 0 aromatic heterocycles. The quantitative estimate of drug-likeness (QED) is 0.0632. The first-order valence-corrected chi connectivity index (χ1v) is 32.3. The second kappa shape index (κ2) is 30.1. The van der Waals surface area contributed by atoms with E-state index in [-0.39, 0.29) is 66.5 Å². The number of fused-ring (bicyclic) bond motifs is 2. The summed E-state index contributed by atoms with van der Waals surface area (Å²) < 4.78 is 108. The number of nitrogens with zero attached hydrogens (tertiary/aromatic N) is 4. The summed E-state index contributed by atoms with van der Waals surface area (Å²) in [5.41, 5.74) is 2.05. The first-order chi connectivity index (χ1) is 39.0. The zero-order valence-electron chi connectivity index (χ0n) is 55.1. The maximum absolute atomic E-state index is 14.1. The van der Waals surface area contributed by atoms with Gasteiger partial charge in [-0.2, -0.15) is 0 Å². The second-order valence-electron chi connectivity index (χ2n) is 28.8. The predicted octanol–water partition coefficient (Wildman–Crippen LogP) is 3.94. The molecule has 2 heterocycles. The Kier molecular flexibility index (Phi) is 27.7. The van der Waals surface area contributed by atoms with Gasteiger partial charge in [0.25, 0.3) is 0 Å². The van der Waals surface area contributed by atoms with Crippen LogP contribution in [-0.4, -0.2) is 216 Å². The Balaban J connectivity index is 0.000000766. The highest BCUT2D eigenvalue weighted by molar-refractivity contribution is 7.88. The highest BCUT2D eigenvalue weighted by Crippen LogP contribution is 2.66. The van der Waals surface area contributed by atoms with Crippen molar-refractivity contribution in [1.29, 1.82) is 0 Å². The number of nitrogens with two attached hydrogens (primary N) is 1.